The van der Waals surface area contributed by atoms with Gasteiger partial charge in [0.1, 0.15) is 6.26 Å². The van der Waals surface area contributed by atoms with Gasteiger partial charge in [-0.25, -0.2) is 0 Å². The van der Waals surface area contributed by atoms with Gasteiger partial charge in [-0.15, -0.1) is 0 Å². The van der Waals surface area contributed by atoms with Gasteiger partial charge in [-0.1, -0.05) is 35.5 Å². The lowest BCUT2D eigenvalue weighted by atomic mass is 10.1. The van der Waals surface area contributed by atoms with E-state index >= 15 is 0 Å². The topological polar surface area (TPSA) is 72.3 Å². The summed E-state index contributed by atoms with van der Waals surface area (Å²) in [6.07, 6.45) is 2.72. The maximum atomic E-state index is 10.1. The molecule has 0 aliphatic heterocycles. The molecule has 1 aromatic carbocycles. The first-order valence-electron chi connectivity index (χ1n) is 5.91. The minimum Gasteiger partial charge on any atom is -0.472 e. The van der Waals surface area contributed by atoms with Crippen LogP contribution < -0.4 is 0 Å². The van der Waals surface area contributed by atoms with E-state index in [4.69, 9.17) is 8.94 Å². The van der Waals surface area contributed by atoms with E-state index in [0.717, 1.165) is 11.1 Å². The van der Waals surface area contributed by atoms with E-state index < -0.39 is 6.10 Å². The van der Waals surface area contributed by atoms with Crippen molar-refractivity contribution >= 4 is 0 Å². The highest BCUT2D eigenvalue weighted by Crippen LogP contribution is 2.20. The zero-order valence-electron chi connectivity index (χ0n) is 10.1. The zero-order valence-corrected chi connectivity index (χ0v) is 10.1. The SMILES string of the molecule is OC(Cc1nc(-c2ccoc2)no1)c1ccccc1. The first-order chi connectivity index (χ1) is 9.33. The highest BCUT2D eigenvalue weighted by molar-refractivity contribution is 5.51. The Labute approximate surface area is 109 Å². The van der Waals surface area contributed by atoms with E-state index in [-0.39, 0.29) is 6.42 Å². The molecule has 2 aromatic heterocycles. The number of aliphatic hydroxyl groups excluding tert-OH is 1. The first-order valence-corrected chi connectivity index (χ1v) is 5.91. The second-order valence-corrected chi connectivity index (χ2v) is 4.15. The molecule has 0 saturated carbocycles. The van der Waals surface area contributed by atoms with Crippen molar-refractivity contribution in [2.75, 3.05) is 0 Å². The van der Waals surface area contributed by atoms with Crippen LogP contribution in [0.4, 0.5) is 0 Å². The van der Waals surface area contributed by atoms with E-state index in [1.165, 1.54) is 0 Å². The van der Waals surface area contributed by atoms with Gasteiger partial charge in [0, 0.05) is 0 Å². The van der Waals surface area contributed by atoms with Crippen LogP contribution in [0.25, 0.3) is 11.4 Å². The van der Waals surface area contributed by atoms with Gasteiger partial charge in [0.2, 0.25) is 11.7 Å². The Morgan fingerprint density at radius 1 is 1.16 bits per heavy atom. The fourth-order valence-electron chi connectivity index (χ4n) is 1.81. The summed E-state index contributed by atoms with van der Waals surface area (Å²) in [7, 11) is 0. The molecule has 3 aromatic rings. The van der Waals surface area contributed by atoms with Crippen LogP contribution in [0.3, 0.4) is 0 Å². The zero-order chi connectivity index (χ0) is 13.1. The van der Waals surface area contributed by atoms with Crippen molar-refractivity contribution < 1.29 is 14.0 Å². The Bertz CT molecular complexity index is 632. The molecule has 0 aliphatic carbocycles. The summed E-state index contributed by atoms with van der Waals surface area (Å²) >= 11 is 0. The van der Waals surface area contributed by atoms with Crippen molar-refractivity contribution in [3.8, 4) is 11.4 Å². The van der Waals surface area contributed by atoms with Gasteiger partial charge < -0.3 is 14.0 Å². The number of hydrogen-bond acceptors (Lipinski definition) is 5. The van der Waals surface area contributed by atoms with Crippen LogP contribution in [-0.2, 0) is 6.42 Å². The Kier molecular flexibility index (Phi) is 3.12. The highest BCUT2D eigenvalue weighted by Gasteiger charge is 2.15. The predicted octanol–water partition coefficient (Wildman–Crippen LogP) is 2.61. The average Bonchev–Trinajstić information content (AvgIpc) is 3.10. The number of rotatable bonds is 4. The molecule has 0 amide bonds. The van der Waals surface area contributed by atoms with Gasteiger partial charge in [0.25, 0.3) is 0 Å². The Balaban J connectivity index is 1.74. The van der Waals surface area contributed by atoms with E-state index in [0.29, 0.717) is 11.7 Å². The fraction of sp³-hybridized carbons (Fsp3) is 0.143. The maximum Gasteiger partial charge on any atom is 0.229 e. The molecule has 1 atom stereocenters. The largest absolute Gasteiger partial charge is 0.472 e. The number of aliphatic hydroxyl groups is 1. The van der Waals surface area contributed by atoms with Crippen LogP contribution in [0.15, 0.2) is 57.9 Å². The molecule has 96 valence electrons. The summed E-state index contributed by atoms with van der Waals surface area (Å²) in [6.45, 7) is 0. The van der Waals surface area contributed by atoms with Gasteiger partial charge in [-0.3, -0.25) is 0 Å². The summed E-state index contributed by atoms with van der Waals surface area (Å²) in [6, 6.07) is 11.1. The Morgan fingerprint density at radius 3 is 2.74 bits per heavy atom. The van der Waals surface area contributed by atoms with Crippen molar-refractivity contribution in [1.82, 2.24) is 10.1 Å². The lowest BCUT2D eigenvalue weighted by molar-refractivity contribution is 0.165. The molecule has 2 heterocycles. The smallest absolute Gasteiger partial charge is 0.229 e. The second kappa shape index (κ2) is 5.07. The van der Waals surface area contributed by atoms with Crippen molar-refractivity contribution in [1.29, 1.82) is 0 Å². The van der Waals surface area contributed by atoms with Crippen LogP contribution in [0.1, 0.15) is 17.6 Å². The number of furan rings is 1. The third kappa shape index (κ3) is 2.56. The van der Waals surface area contributed by atoms with E-state index in [2.05, 4.69) is 10.1 Å². The molecule has 0 bridgehead atoms. The van der Waals surface area contributed by atoms with Crippen LogP contribution in [0.5, 0.6) is 0 Å². The molecule has 0 aliphatic rings. The third-order valence-electron chi connectivity index (χ3n) is 2.80. The van der Waals surface area contributed by atoms with Crippen LogP contribution in [0.2, 0.25) is 0 Å². The summed E-state index contributed by atoms with van der Waals surface area (Å²) < 4.78 is 10.1. The van der Waals surface area contributed by atoms with Crippen LogP contribution in [0, 0.1) is 0 Å². The van der Waals surface area contributed by atoms with E-state index in [1.54, 1.807) is 18.6 Å². The van der Waals surface area contributed by atoms with Gasteiger partial charge in [-0.05, 0) is 11.6 Å². The molecule has 1 N–H and O–H groups in total. The average molecular weight is 256 g/mol. The molecule has 5 heteroatoms. The number of benzene rings is 1. The van der Waals surface area contributed by atoms with Crippen molar-refractivity contribution in [3.05, 3.63) is 60.4 Å². The van der Waals surface area contributed by atoms with Gasteiger partial charge >= 0.3 is 0 Å². The number of nitrogens with zero attached hydrogens (tertiary/aromatic N) is 2. The minimum absolute atomic E-state index is 0.287. The van der Waals surface area contributed by atoms with Crippen molar-refractivity contribution in [3.63, 3.8) is 0 Å². The second-order valence-electron chi connectivity index (χ2n) is 4.15. The molecule has 3 rings (SSSR count). The molecule has 1 unspecified atom stereocenters. The predicted molar refractivity (Wildman–Crippen MR) is 67.1 cm³/mol. The third-order valence-corrected chi connectivity index (χ3v) is 2.80. The molecule has 5 nitrogen and oxygen atoms in total. The molecule has 0 radical (unpaired) electrons. The monoisotopic (exact) mass is 256 g/mol. The summed E-state index contributed by atoms with van der Waals surface area (Å²) in [5, 5.41) is 13.9. The molecule has 0 saturated heterocycles. The highest BCUT2D eigenvalue weighted by atomic mass is 16.5. The van der Waals surface area contributed by atoms with Crippen molar-refractivity contribution in [2.24, 2.45) is 0 Å². The van der Waals surface area contributed by atoms with Crippen LogP contribution >= 0.6 is 0 Å². The van der Waals surface area contributed by atoms with E-state index in [1.807, 2.05) is 30.3 Å². The standard InChI is InChI=1S/C14H12N2O3/c17-12(10-4-2-1-3-5-10)8-13-15-14(16-19-13)11-6-7-18-9-11/h1-7,9,12,17H,8H2. The Hall–Kier alpha value is -2.40. The molecular formula is C14H12N2O3. The van der Waals surface area contributed by atoms with Gasteiger partial charge in [0.15, 0.2) is 0 Å². The molecule has 19 heavy (non-hydrogen) atoms. The molecular weight excluding hydrogens is 244 g/mol. The summed E-state index contributed by atoms with van der Waals surface area (Å²) in [4.78, 5) is 4.22. The number of aromatic nitrogens is 2. The van der Waals surface area contributed by atoms with Gasteiger partial charge in [0.05, 0.1) is 24.4 Å². The lowest BCUT2D eigenvalue weighted by Crippen LogP contribution is -2.01. The quantitative estimate of drug-likeness (QED) is 0.776. The molecule has 0 fully saturated rings. The fourth-order valence-corrected chi connectivity index (χ4v) is 1.81. The Morgan fingerprint density at radius 2 is 2.00 bits per heavy atom. The minimum atomic E-state index is -0.654. The summed E-state index contributed by atoms with van der Waals surface area (Å²) in [5.74, 6) is 0.858. The van der Waals surface area contributed by atoms with Gasteiger partial charge in [-0.2, -0.15) is 4.98 Å². The summed E-state index contributed by atoms with van der Waals surface area (Å²) in [5.41, 5.74) is 1.58. The maximum absolute atomic E-state index is 10.1. The van der Waals surface area contributed by atoms with E-state index in [9.17, 15) is 5.11 Å². The lowest BCUT2D eigenvalue weighted by Gasteiger charge is -2.07. The normalized spacial score (nSPS) is 12.5. The number of hydrogen-bond donors (Lipinski definition) is 1. The molecule has 0 spiro atoms. The van der Waals surface area contributed by atoms with Crippen molar-refractivity contribution in [2.45, 2.75) is 12.5 Å². The van der Waals surface area contributed by atoms with Crippen LogP contribution in [-0.4, -0.2) is 15.2 Å². The first kappa shape index (κ1) is 11.7.